The first kappa shape index (κ1) is 20.0. The quantitative estimate of drug-likeness (QED) is 0.690. The van der Waals surface area contributed by atoms with Gasteiger partial charge in [0.25, 0.3) is 0 Å². The van der Waals surface area contributed by atoms with Crippen molar-refractivity contribution in [3.63, 3.8) is 0 Å². The second-order valence-electron chi connectivity index (χ2n) is 4.09. The molecule has 23 heavy (non-hydrogen) atoms. The topological polar surface area (TPSA) is 115 Å². The average Bonchev–Trinajstić information content (AvgIpc) is 2.52. The van der Waals surface area contributed by atoms with E-state index in [0.717, 1.165) is 0 Å². The van der Waals surface area contributed by atoms with Gasteiger partial charge < -0.3 is 20.4 Å². The summed E-state index contributed by atoms with van der Waals surface area (Å²) in [5.41, 5.74) is 0.787. The SMILES string of the molecule is CC.O=C(O)Cc1ccc(O)cc1.O=C(O)c1cccc(O)c1. The summed E-state index contributed by atoms with van der Waals surface area (Å²) in [7, 11) is 0. The predicted octanol–water partition coefficient (Wildman–Crippen LogP) is 3.14. The summed E-state index contributed by atoms with van der Waals surface area (Å²) < 4.78 is 0. The Morgan fingerprint density at radius 3 is 1.83 bits per heavy atom. The second-order valence-corrected chi connectivity index (χ2v) is 4.09. The van der Waals surface area contributed by atoms with Crippen LogP contribution in [0.3, 0.4) is 0 Å². The van der Waals surface area contributed by atoms with Gasteiger partial charge in [0.2, 0.25) is 0 Å². The summed E-state index contributed by atoms with van der Waals surface area (Å²) in [6.45, 7) is 4.00. The molecule has 124 valence electrons. The Balaban J connectivity index is 0.000000381. The number of hydrogen-bond donors (Lipinski definition) is 4. The van der Waals surface area contributed by atoms with Crippen LogP contribution in [-0.4, -0.2) is 32.4 Å². The largest absolute Gasteiger partial charge is 0.508 e. The van der Waals surface area contributed by atoms with Crippen LogP contribution in [0.15, 0.2) is 48.5 Å². The number of aliphatic carboxylic acids is 1. The van der Waals surface area contributed by atoms with E-state index in [9.17, 15) is 9.59 Å². The Morgan fingerprint density at radius 1 is 0.870 bits per heavy atom. The molecule has 0 heterocycles. The molecular weight excluding hydrogens is 300 g/mol. The van der Waals surface area contributed by atoms with Crippen LogP contribution >= 0.6 is 0 Å². The number of carbonyl (C=O) groups is 2. The van der Waals surface area contributed by atoms with Crippen molar-refractivity contribution in [2.24, 2.45) is 0 Å². The molecule has 2 rings (SSSR count). The minimum absolute atomic E-state index is 0.000278. The fourth-order valence-corrected chi connectivity index (χ4v) is 1.43. The molecule has 6 nitrogen and oxygen atoms in total. The number of hydrogen-bond acceptors (Lipinski definition) is 4. The zero-order valence-corrected chi connectivity index (χ0v) is 12.9. The van der Waals surface area contributed by atoms with Crippen molar-refractivity contribution < 1.29 is 30.0 Å². The van der Waals surface area contributed by atoms with Gasteiger partial charge in [0.05, 0.1) is 12.0 Å². The van der Waals surface area contributed by atoms with Crippen molar-refractivity contribution in [3.8, 4) is 11.5 Å². The van der Waals surface area contributed by atoms with E-state index in [1.54, 1.807) is 12.1 Å². The smallest absolute Gasteiger partial charge is 0.335 e. The fourth-order valence-electron chi connectivity index (χ4n) is 1.43. The lowest BCUT2D eigenvalue weighted by molar-refractivity contribution is -0.136. The number of carboxylic acid groups (broad SMARTS) is 2. The summed E-state index contributed by atoms with van der Waals surface area (Å²) in [6.07, 6.45) is 0.000278. The molecule has 0 spiro atoms. The molecule has 0 saturated heterocycles. The summed E-state index contributed by atoms with van der Waals surface area (Å²) in [5, 5.41) is 34.4. The molecule has 0 radical (unpaired) electrons. The first-order valence-electron chi connectivity index (χ1n) is 6.90. The molecule has 0 aromatic heterocycles. The Bertz CT molecular complexity index is 619. The maximum Gasteiger partial charge on any atom is 0.335 e. The van der Waals surface area contributed by atoms with Crippen molar-refractivity contribution in [1.29, 1.82) is 0 Å². The van der Waals surface area contributed by atoms with E-state index in [-0.39, 0.29) is 23.5 Å². The van der Waals surface area contributed by atoms with E-state index in [0.29, 0.717) is 5.56 Å². The van der Waals surface area contributed by atoms with Crippen LogP contribution in [0.1, 0.15) is 29.8 Å². The van der Waals surface area contributed by atoms with Crippen molar-refractivity contribution in [3.05, 3.63) is 59.7 Å². The molecule has 0 aliphatic rings. The van der Waals surface area contributed by atoms with Gasteiger partial charge >= 0.3 is 11.9 Å². The van der Waals surface area contributed by atoms with Crippen LogP contribution in [0.5, 0.6) is 11.5 Å². The monoisotopic (exact) mass is 320 g/mol. The lowest BCUT2D eigenvalue weighted by Crippen LogP contribution is -1.98. The van der Waals surface area contributed by atoms with E-state index in [1.165, 1.54) is 36.4 Å². The van der Waals surface area contributed by atoms with Gasteiger partial charge in [-0.1, -0.05) is 32.0 Å². The van der Waals surface area contributed by atoms with Crippen LogP contribution in [-0.2, 0) is 11.2 Å². The van der Waals surface area contributed by atoms with E-state index < -0.39 is 11.9 Å². The number of rotatable bonds is 3. The third-order valence-electron chi connectivity index (χ3n) is 2.38. The highest BCUT2D eigenvalue weighted by Crippen LogP contribution is 2.10. The average molecular weight is 320 g/mol. The molecule has 4 N–H and O–H groups in total. The minimum atomic E-state index is -1.03. The summed E-state index contributed by atoms with van der Waals surface area (Å²) >= 11 is 0. The van der Waals surface area contributed by atoms with Crippen LogP contribution in [0.25, 0.3) is 0 Å². The van der Waals surface area contributed by atoms with Crippen LogP contribution < -0.4 is 0 Å². The predicted molar refractivity (Wildman–Crippen MR) is 85.9 cm³/mol. The normalized spacial score (nSPS) is 8.78. The van der Waals surface area contributed by atoms with Gasteiger partial charge in [0, 0.05) is 0 Å². The third kappa shape index (κ3) is 8.77. The molecule has 2 aromatic rings. The van der Waals surface area contributed by atoms with Crippen molar-refractivity contribution in [2.75, 3.05) is 0 Å². The number of benzene rings is 2. The van der Waals surface area contributed by atoms with Crippen LogP contribution in [0.4, 0.5) is 0 Å². The Labute approximate surface area is 134 Å². The highest BCUT2D eigenvalue weighted by Gasteiger charge is 2.00. The second kappa shape index (κ2) is 10.7. The molecule has 0 aliphatic carbocycles. The highest BCUT2D eigenvalue weighted by atomic mass is 16.4. The maximum atomic E-state index is 10.2. The molecule has 0 bridgehead atoms. The Kier molecular flexibility index (Phi) is 9.27. The maximum absolute atomic E-state index is 10.2. The minimum Gasteiger partial charge on any atom is -0.508 e. The summed E-state index contributed by atoms with van der Waals surface area (Å²) in [5.74, 6) is -1.77. The molecule has 0 amide bonds. The first-order valence-corrected chi connectivity index (χ1v) is 6.90. The van der Waals surface area contributed by atoms with Gasteiger partial charge in [-0.25, -0.2) is 4.79 Å². The standard InChI is InChI=1S/C8H8O3.C7H6O3.C2H6/c9-7-3-1-6(2-4-7)5-8(10)11;8-6-3-1-2-5(4-6)7(9)10;1-2/h1-4,9H,5H2,(H,10,11);1-4,8H,(H,9,10);1-2H3. The van der Waals surface area contributed by atoms with Crippen molar-refractivity contribution >= 4 is 11.9 Å². The Morgan fingerprint density at radius 2 is 1.43 bits per heavy atom. The number of aromatic hydroxyl groups is 2. The molecule has 2 aromatic carbocycles. The van der Waals surface area contributed by atoms with Crippen LogP contribution in [0.2, 0.25) is 0 Å². The van der Waals surface area contributed by atoms with Gasteiger partial charge in [0.15, 0.2) is 0 Å². The zero-order valence-electron chi connectivity index (χ0n) is 12.9. The molecule has 6 heteroatoms. The molecule has 0 aliphatic heterocycles. The fraction of sp³-hybridized carbons (Fsp3) is 0.176. The van der Waals surface area contributed by atoms with Gasteiger partial charge in [-0.3, -0.25) is 4.79 Å². The summed E-state index contributed by atoms with van der Waals surface area (Å²) in [6, 6.07) is 11.6. The number of phenolic OH excluding ortho intramolecular Hbond substituents is 2. The van der Waals surface area contributed by atoms with Gasteiger partial charge in [-0.15, -0.1) is 0 Å². The summed E-state index contributed by atoms with van der Waals surface area (Å²) in [4.78, 5) is 20.4. The molecule has 0 saturated carbocycles. The van der Waals surface area contributed by atoms with Gasteiger partial charge in [-0.2, -0.15) is 0 Å². The van der Waals surface area contributed by atoms with E-state index in [1.807, 2.05) is 13.8 Å². The lowest BCUT2D eigenvalue weighted by Gasteiger charge is -1.95. The van der Waals surface area contributed by atoms with Crippen LogP contribution in [0, 0.1) is 0 Å². The van der Waals surface area contributed by atoms with Crippen molar-refractivity contribution in [2.45, 2.75) is 20.3 Å². The van der Waals surface area contributed by atoms with Gasteiger partial charge in [0.1, 0.15) is 11.5 Å². The van der Waals surface area contributed by atoms with E-state index >= 15 is 0 Å². The van der Waals surface area contributed by atoms with E-state index in [4.69, 9.17) is 20.4 Å². The van der Waals surface area contributed by atoms with Gasteiger partial charge in [-0.05, 0) is 35.9 Å². The number of phenols is 2. The number of carboxylic acids is 2. The lowest BCUT2D eigenvalue weighted by atomic mass is 10.1. The van der Waals surface area contributed by atoms with Crippen molar-refractivity contribution in [1.82, 2.24) is 0 Å². The molecule has 0 fully saturated rings. The number of aromatic carboxylic acids is 1. The molecule has 0 unspecified atom stereocenters. The zero-order chi connectivity index (χ0) is 17.8. The van der Waals surface area contributed by atoms with E-state index in [2.05, 4.69) is 0 Å². The molecule has 0 atom stereocenters. The Hall–Kier alpha value is -3.02. The highest BCUT2D eigenvalue weighted by molar-refractivity contribution is 5.87. The third-order valence-corrected chi connectivity index (χ3v) is 2.38. The first-order chi connectivity index (χ1) is 10.9. The molecular formula is C17H20O6.